The second-order valence-electron chi connectivity index (χ2n) is 7.84. The highest BCUT2D eigenvalue weighted by Gasteiger charge is 2.09. The van der Waals surface area contributed by atoms with Crippen molar-refractivity contribution in [2.24, 2.45) is 0 Å². The minimum atomic E-state index is -4.67. The summed E-state index contributed by atoms with van der Waals surface area (Å²) in [5, 5.41) is 42.7. The minimum absolute atomic E-state index is 0.108. The van der Waals surface area contributed by atoms with Crippen molar-refractivity contribution in [2.45, 2.75) is 39.8 Å². The van der Waals surface area contributed by atoms with Crippen molar-refractivity contribution in [1.29, 1.82) is 0 Å². The van der Waals surface area contributed by atoms with E-state index < -0.39 is 10.4 Å². The molecule has 0 amide bonds. The summed E-state index contributed by atoms with van der Waals surface area (Å²) >= 11 is 0. The van der Waals surface area contributed by atoms with E-state index in [0.29, 0.717) is 11.1 Å². The molecule has 0 heterocycles. The molecule has 196 valence electrons. The lowest BCUT2D eigenvalue weighted by molar-refractivity contribution is 0.0980. The smallest absolute Gasteiger partial charge is 0.394 e. The zero-order chi connectivity index (χ0) is 27.3. The van der Waals surface area contributed by atoms with E-state index in [0.717, 1.165) is 0 Å². The first-order chi connectivity index (χ1) is 16.0. The molecule has 2 aromatic carbocycles. The Morgan fingerprint density at radius 1 is 0.657 bits per heavy atom. The summed E-state index contributed by atoms with van der Waals surface area (Å²) in [7, 11) is -4.67. The molecule has 0 fully saturated rings. The van der Waals surface area contributed by atoms with Crippen LogP contribution in [0.4, 0.5) is 0 Å². The van der Waals surface area contributed by atoms with E-state index in [9.17, 15) is 30.0 Å². The first-order valence-electron chi connectivity index (χ1n) is 10.3. The molecule has 2 aromatic rings. The van der Waals surface area contributed by atoms with Gasteiger partial charge in [0.1, 0.15) is 23.0 Å². The molecule has 0 spiro atoms. The molecule has 0 atom stereocenters. The van der Waals surface area contributed by atoms with Crippen LogP contribution < -0.4 is 10.6 Å². The Morgan fingerprint density at radius 3 is 1.09 bits per heavy atom. The van der Waals surface area contributed by atoms with Crippen LogP contribution in [-0.4, -0.2) is 74.7 Å². The molecule has 0 aliphatic carbocycles. The lowest BCUT2D eigenvalue weighted by Crippen LogP contribution is -2.29. The molecule has 0 aliphatic heterocycles. The van der Waals surface area contributed by atoms with Gasteiger partial charge in [0.05, 0.1) is 13.1 Å². The lowest BCUT2D eigenvalue weighted by Gasteiger charge is -2.07. The van der Waals surface area contributed by atoms with Crippen LogP contribution in [0.3, 0.4) is 0 Å². The Balaban J connectivity index is 0.000000555. The SMILES string of the molecule is CC(C)NCC(=O)c1cc(O)cc(O)c1.CC(C)NCC(=O)c1cc(O)cc(O)c1.O=S(=O)(O)O. The van der Waals surface area contributed by atoms with Crippen LogP contribution in [0.15, 0.2) is 36.4 Å². The second kappa shape index (κ2) is 14.9. The van der Waals surface area contributed by atoms with Gasteiger partial charge in [-0.05, 0) is 24.3 Å². The molecule has 13 heteroatoms. The number of nitrogens with one attached hydrogen (secondary N) is 2. The van der Waals surface area contributed by atoms with Crippen molar-refractivity contribution >= 4 is 22.0 Å². The Kier molecular flexibility index (Phi) is 13.5. The van der Waals surface area contributed by atoms with Crippen LogP contribution >= 0.6 is 0 Å². The van der Waals surface area contributed by atoms with Crippen molar-refractivity contribution in [1.82, 2.24) is 10.6 Å². The van der Waals surface area contributed by atoms with E-state index in [-0.39, 0.29) is 59.7 Å². The van der Waals surface area contributed by atoms with Crippen molar-refractivity contribution < 1.29 is 47.5 Å². The average Bonchev–Trinajstić information content (AvgIpc) is 2.68. The number of carbonyl (C=O) groups excluding carboxylic acids is 2. The Labute approximate surface area is 203 Å². The Morgan fingerprint density at radius 2 is 0.886 bits per heavy atom. The van der Waals surface area contributed by atoms with Crippen LogP contribution in [0, 0.1) is 0 Å². The van der Waals surface area contributed by atoms with E-state index in [4.69, 9.17) is 17.5 Å². The third-order valence-electron chi connectivity index (χ3n) is 3.79. The third-order valence-corrected chi connectivity index (χ3v) is 3.79. The molecule has 2 rings (SSSR count). The van der Waals surface area contributed by atoms with Gasteiger partial charge in [-0.2, -0.15) is 8.42 Å². The van der Waals surface area contributed by atoms with Crippen LogP contribution in [0.2, 0.25) is 0 Å². The van der Waals surface area contributed by atoms with E-state index in [1.54, 1.807) is 0 Å². The molecule has 0 unspecified atom stereocenters. The normalized spacial score (nSPS) is 10.7. The predicted molar refractivity (Wildman–Crippen MR) is 129 cm³/mol. The van der Waals surface area contributed by atoms with Gasteiger partial charge in [-0.25, -0.2) is 0 Å². The van der Waals surface area contributed by atoms with Gasteiger partial charge in [0.15, 0.2) is 11.6 Å². The summed E-state index contributed by atoms with van der Waals surface area (Å²) in [4.78, 5) is 23.1. The van der Waals surface area contributed by atoms with E-state index >= 15 is 0 Å². The van der Waals surface area contributed by atoms with Crippen molar-refractivity contribution in [2.75, 3.05) is 13.1 Å². The summed E-state index contributed by atoms with van der Waals surface area (Å²) in [6.07, 6.45) is 0. The van der Waals surface area contributed by atoms with Gasteiger partial charge in [0, 0.05) is 35.3 Å². The van der Waals surface area contributed by atoms with Gasteiger partial charge in [0.2, 0.25) is 0 Å². The van der Waals surface area contributed by atoms with Crippen LogP contribution in [0.1, 0.15) is 48.4 Å². The van der Waals surface area contributed by atoms with Crippen molar-refractivity contribution in [3.8, 4) is 23.0 Å². The highest BCUT2D eigenvalue weighted by Crippen LogP contribution is 2.21. The summed E-state index contributed by atoms with van der Waals surface area (Å²) < 4.78 is 31.6. The fourth-order valence-electron chi connectivity index (χ4n) is 2.31. The van der Waals surface area contributed by atoms with Crippen molar-refractivity contribution in [3.63, 3.8) is 0 Å². The van der Waals surface area contributed by atoms with Crippen molar-refractivity contribution in [3.05, 3.63) is 47.5 Å². The number of hydrogen-bond acceptors (Lipinski definition) is 10. The Bertz CT molecular complexity index is 966. The predicted octanol–water partition coefficient (Wildman–Crippen LogP) is 1.90. The third kappa shape index (κ3) is 16.9. The molecule has 0 aliphatic rings. The highest BCUT2D eigenvalue weighted by molar-refractivity contribution is 7.79. The number of hydrogen-bond donors (Lipinski definition) is 8. The maximum absolute atomic E-state index is 11.6. The highest BCUT2D eigenvalue weighted by atomic mass is 32.3. The first-order valence-corrected chi connectivity index (χ1v) is 11.7. The number of Topliss-reactive ketones (excluding diaryl/α,β-unsaturated/α-hetero) is 2. The summed E-state index contributed by atoms with van der Waals surface area (Å²) in [6, 6.07) is 8.17. The fourth-order valence-corrected chi connectivity index (χ4v) is 2.31. The van der Waals surface area contributed by atoms with Crippen LogP contribution in [0.25, 0.3) is 0 Å². The van der Waals surface area contributed by atoms with Gasteiger partial charge in [0.25, 0.3) is 0 Å². The number of aromatic hydroxyl groups is 4. The molecule has 35 heavy (non-hydrogen) atoms. The molecule has 12 nitrogen and oxygen atoms in total. The molecule has 8 N–H and O–H groups in total. The Hall–Kier alpha value is -3.23. The van der Waals surface area contributed by atoms with E-state index in [2.05, 4.69) is 10.6 Å². The molecular weight excluding hydrogens is 484 g/mol. The summed E-state index contributed by atoms with van der Waals surface area (Å²) in [6.45, 7) is 8.14. The zero-order valence-electron chi connectivity index (χ0n) is 19.8. The number of carbonyl (C=O) groups is 2. The largest absolute Gasteiger partial charge is 0.508 e. The number of ketones is 2. The van der Waals surface area contributed by atoms with E-state index in [1.807, 2.05) is 27.7 Å². The zero-order valence-corrected chi connectivity index (χ0v) is 20.6. The van der Waals surface area contributed by atoms with E-state index in [1.165, 1.54) is 36.4 Å². The molecular formula is C22H32N2O10S. The maximum atomic E-state index is 11.6. The first kappa shape index (κ1) is 31.8. The standard InChI is InChI=1S/2C11H15NO3.H2O4S/c2*1-7(2)12-6-11(15)8-3-9(13)5-10(14)4-8;1-5(2,3)4/h2*3-5,7,12-14H,6H2,1-2H3;(H2,1,2,3,4). The number of phenolic OH excluding ortho intramolecular Hbond substituents is 4. The maximum Gasteiger partial charge on any atom is 0.394 e. The fraction of sp³-hybridized carbons (Fsp3) is 0.364. The average molecular weight is 517 g/mol. The van der Waals surface area contributed by atoms with Crippen LogP contribution in [-0.2, 0) is 10.4 Å². The molecule has 0 bridgehead atoms. The monoisotopic (exact) mass is 516 g/mol. The van der Waals surface area contributed by atoms with Crippen LogP contribution in [0.5, 0.6) is 23.0 Å². The molecule has 0 radical (unpaired) electrons. The number of rotatable bonds is 8. The van der Waals surface area contributed by atoms with Gasteiger partial charge >= 0.3 is 10.4 Å². The van der Waals surface area contributed by atoms with Gasteiger partial charge in [-0.1, -0.05) is 27.7 Å². The second-order valence-corrected chi connectivity index (χ2v) is 8.74. The van der Waals surface area contributed by atoms with Gasteiger partial charge in [-0.15, -0.1) is 0 Å². The lowest BCUT2D eigenvalue weighted by atomic mass is 10.1. The van der Waals surface area contributed by atoms with Gasteiger partial charge < -0.3 is 31.1 Å². The molecule has 0 saturated carbocycles. The minimum Gasteiger partial charge on any atom is -0.508 e. The molecule has 0 aromatic heterocycles. The quantitative estimate of drug-likeness (QED) is 0.187. The topological polar surface area (TPSA) is 214 Å². The number of benzene rings is 2. The molecule has 0 saturated heterocycles. The summed E-state index contributed by atoms with van der Waals surface area (Å²) in [5.41, 5.74) is 0.612. The number of phenols is 4. The van der Waals surface area contributed by atoms with Gasteiger partial charge in [-0.3, -0.25) is 18.7 Å². The summed E-state index contributed by atoms with van der Waals surface area (Å²) in [5.74, 6) is -0.749.